The van der Waals surface area contributed by atoms with Gasteiger partial charge in [0.1, 0.15) is 5.56 Å². The summed E-state index contributed by atoms with van der Waals surface area (Å²) in [6, 6.07) is 9.74. The Labute approximate surface area is 214 Å². The van der Waals surface area contributed by atoms with Gasteiger partial charge < -0.3 is 0 Å². The number of carbonyl (C=O) groups excluding carboxylic acids is 1. The van der Waals surface area contributed by atoms with Crippen molar-refractivity contribution < 1.29 is 26.4 Å². The predicted octanol–water partition coefficient (Wildman–Crippen LogP) is 5.29. The molecule has 0 aliphatic rings. The topological polar surface area (TPSA) is 92.2 Å². The quantitative estimate of drug-likeness (QED) is 0.376. The molecule has 0 radical (unpaired) electrons. The van der Waals surface area contributed by atoms with Crippen LogP contribution in [0.4, 0.5) is 13.2 Å². The molecule has 0 aliphatic heterocycles. The Bertz CT molecular complexity index is 1440. The van der Waals surface area contributed by atoms with Crippen molar-refractivity contribution in [3.8, 4) is 5.69 Å². The standard InChI is InChI=1S/C26H30F3N3O4S/c1-6-18(5)31(37(35,36)21-9-7-8-19(14-21)26(27,28)29)15-22(33)23-24(16(2)3)30-32(25(23)34)20-12-10-17(4)11-13-20/h7-14,16,18,30H,6,15H2,1-5H3. The Hall–Kier alpha value is -3.18. The molecule has 1 N–H and O–H groups in total. The summed E-state index contributed by atoms with van der Waals surface area (Å²) < 4.78 is 68.7. The Balaban J connectivity index is 2.07. The van der Waals surface area contributed by atoms with E-state index in [4.69, 9.17) is 0 Å². The van der Waals surface area contributed by atoms with E-state index in [1.54, 1.807) is 39.8 Å². The number of aromatic nitrogens is 2. The number of aromatic amines is 1. The summed E-state index contributed by atoms with van der Waals surface area (Å²) in [5.41, 5.74) is -0.0882. The van der Waals surface area contributed by atoms with Crippen molar-refractivity contribution in [1.82, 2.24) is 14.1 Å². The number of alkyl halides is 3. The van der Waals surface area contributed by atoms with E-state index >= 15 is 0 Å². The molecule has 2 aromatic carbocycles. The van der Waals surface area contributed by atoms with E-state index in [0.717, 1.165) is 28.1 Å². The third kappa shape index (κ3) is 5.88. The van der Waals surface area contributed by atoms with Crippen molar-refractivity contribution >= 4 is 15.8 Å². The number of ketones is 1. The Morgan fingerprint density at radius 1 is 1.08 bits per heavy atom. The molecule has 37 heavy (non-hydrogen) atoms. The lowest BCUT2D eigenvalue weighted by molar-refractivity contribution is -0.137. The van der Waals surface area contributed by atoms with Gasteiger partial charge in [-0.3, -0.25) is 14.7 Å². The molecule has 11 heteroatoms. The maximum Gasteiger partial charge on any atom is 0.416 e. The van der Waals surface area contributed by atoms with Crippen molar-refractivity contribution in [3.05, 3.63) is 81.3 Å². The summed E-state index contributed by atoms with van der Waals surface area (Å²) in [5, 5.41) is 2.97. The Morgan fingerprint density at radius 3 is 2.24 bits per heavy atom. The van der Waals surface area contributed by atoms with Crippen LogP contribution in [0.5, 0.6) is 0 Å². The second kappa shape index (κ2) is 10.7. The number of nitrogens with one attached hydrogen (secondary N) is 1. The summed E-state index contributed by atoms with van der Waals surface area (Å²) in [7, 11) is -4.50. The van der Waals surface area contributed by atoms with Crippen LogP contribution in [-0.4, -0.2) is 40.9 Å². The van der Waals surface area contributed by atoms with Crippen LogP contribution in [0.3, 0.4) is 0 Å². The molecule has 0 fully saturated rings. The van der Waals surface area contributed by atoms with Crippen LogP contribution in [0, 0.1) is 6.92 Å². The molecular weight excluding hydrogens is 507 g/mol. The van der Waals surface area contributed by atoms with Gasteiger partial charge in [-0.1, -0.05) is 44.5 Å². The van der Waals surface area contributed by atoms with E-state index in [2.05, 4.69) is 5.10 Å². The molecule has 7 nitrogen and oxygen atoms in total. The largest absolute Gasteiger partial charge is 0.416 e. The highest BCUT2D eigenvalue weighted by molar-refractivity contribution is 7.89. The maximum atomic E-state index is 13.5. The van der Waals surface area contributed by atoms with E-state index in [1.807, 2.05) is 19.1 Å². The molecule has 1 heterocycles. The predicted molar refractivity (Wildman–Crippen MR) is 135 cm³/mol. The number of carbonyl (C=O) groups is 1. The van der Waals surface area contributed by atoms with E-state index in [9.17, 15) is 31.2 Å². The molecule has 0 saturated carbocycles. The van der Waals surface area contributed by atoms with E-state index in [1.165, 1.54) is 4.68 Å². The first-order chi connectivity index (χ1) is 17.2. The molecule has 200 valence electrons. The average molecular weight is 538 g/mol. The first-order valence-electron chi connectivity index (χ1n) is 11.8. The number of rotatable bonds is 9. The fourth-order valence-electron chi connectivity index (χ4n) is 3.89. The smallest absolute Gasteiger partial charge is 0.294 e. The number of halogens is 3. The van der Waals surface area contributed by atoms with Gasteiger partial charge in [0.2, 0.25) is 10.0 Å². The number of aryl methyl sites for hydroxylation is 1. The van der Waals surface area contributed by atoms with Gasteiger partial charge in [-0.05, 0) is 56.5 Å². The van der Waals surface area contributed by atoms with Gasteiger partial charge in [0.05, 0.1) is 28.4 Å². The lowest BCUT2D eigenvalue weighted by Crippen LogP contribution is -2.42. The Kier molecular flexibility index (Phi) is 8.18. The molecule has 1 aromatic heterocycles. The zero-order valence-electron chi connectivity index (χ0n) is 21.3. The summed E-state index contributed by atoms with van der Waals surface area (Å²) in [5.74, 6) is -1.01. The first-order valence-corrected chi connectivity index (χ1v) is 13.3. The van der Waals surface area contributed by atoms with Crippen LogP contribution in [-0.2, 0) is 16.2 Å². The number of Topliss-reactive ketones (excluding diaryl/α,β-unsaturated/α-hetero) is 1. The number of nitrogens with zero attached hydrogens (tertiary/aromatic N) is 2. The minimum Gasteiger partial charge on any atom is -0.294 e. The van der Waals surface area contributed by atoms with Gasteiger partial charge in [-0.25, -0.2) is 13.1 Å². The van der Waals surface area contributed by atoms with Crippen molar-refractivity contribution in [2.75, 3.05) is 6.54 Å². The molecule has 0 amide bonds. The van der Waals surface area contributed by atoms with Crippen molar-refractivity contribution in [3.63, 3.8) is 0 Å². The summed E-state index contributed by atoms with van der Waals surface area (Å²) >= 11 is 0. The van der Waals surface area contributed by atoms with Gasteiger partial charge in [0.15, 0.2) is 5.78 Å². The summed E-state index contributed by atoms with van der Waals surface area (Å²) in [4.78, 5) is 26.3. The SMILES string of the molecule is CCC(C)N(CC(=O)c1c(C(C)C)[nH]n(-c2ccc(C)cc2)c1=O)S(=O)(=O)c1cccc(C(F)(F)F)c1. The fraction of sp³-hybridized carbons (Fsp3) is 0.385. The molecule has 1 atom stereocenters. The van der Waals surface area contributed by atoms with Gasteiger partial charge >= 0.3 is 6.18 Å². The number of hydrogen-bond acceptors (Lipinski definition) is 4. The van der Waals surface area contributed by atoms with Crippen molar-refractivity contribution in [1.29, 1.82) is 0 Å². The van der Waals surface area contributed by atoms with E-state index in [-0.39, 0.29) is 11.5 Å². The average Bonchev–Trinajstić information content (AvgIpc) is 3.19. The normalized spacial score (nSPS) is 13.4. The lowest BCUT2D eigenvalue weighted by atomic mass is 10.0. The summed E-state index contributed by atoms with van der Waals surface area (Å²) in [6.07, 6.45) is -4.44. The molecule has 0 aliphatic carbocycles. The van der Waals surface area contributed by atoms with Gasteiger partial charge in [-0.15, -0.1) is 0 Å². The van der Waals surface area contributed by atoms with Gasteiger partial charge in [0, 0.05) is 6.04 Å². The van der Waals surface area contributed by atoms with Crippen LogP contribution in [0.2, 0.25) is 0 Å². The van der Waals surface area contributed by atoms with Gasteiger partial charge in [-0.2, -0.15) is 17.5 Å². The van der Waals surface area contributed by atoms with Crippen LogP contribution in [0.15, 0.2) is 58.2 Å². The van der Waals surface area contributed by atoms with Crippen LogP contribution < -0.4 is 5.56 Å². The Morgan fingerprint density at radius 2 is 1.70 bits per heavy atom. The summed E-state index contributed by atoms with van der Waals surface area (Å²) in [6.45, 7) is 8.02. The number of benzene rings is 2. The third-order valence-electron chi connectivity index (χ3n) is 6.22. The van der Waals surface area contributed by atoms with Crippen molar-refractivity contribution in [2.45, 2.75) is 64.1 Å². The highest BCUT2D eigenvalue weighted by atomic mass is 32.2. The number of sulfonamides is 1. The lowest BCUT2D eigenvalue weighted by Gasteiger charge is -2.27. The second-order valence-corrected chi connectivity index (χ2v) is 11.2. The van der Waals surface area contributed by atoms with Crippen molar-refractivity contribution in [2.24, 2.45) is 0 Å². The minimum absolute atomic E-state index is 0.178. The van der Waals surface area contributed by atoms with Crippen LogP contribution in [0.25, 0.3) is 5.69 Å². The monoisotopic (exact) mass is 537 g/mol. The van der Waals surface area contributed by atoms with E-state index < -0.39 is 50.6 Å². The van der Waals surface area contributed by atoms with E-state index in [0.29, 0.717) is 23.9 Å². The molecule has 0 spiro atoms. The highest BCUT2D eigenvalue weighted by Gasteiger charge is 2.36. The molecule has 1 unspecified atom stereocenters. The molecule has 3 rings (SSSR count). The second-order valence-electron chi connectivity index (χ2n) is 9.29. The molecule has 0 bridgehead atoms. The molecular formula is C26H30F3N3O4S. The zero-order valence-corrected chi connectivity index (χ0v) is 22.1. The van der Waals surface area contributed by atoms with Crippen LogP contribution >= 0.6 is 0 Å². The minimum atomic E-state index is -4.74. The fourth-order valence-corrected chi connectivity index (χ4v) is 5.59. The molecule has 3 aromatic rings. The number of hydrogen-bond donors (Lipinski definition) is 1. The zero-order chi connectivity index (χ0) is 27.7. The first kappa shape index (κ1) is 28.4. The maximum absolute atomic E-state index is 13.5. The third-order valence-corrected chi connectivity index (χ3v) is 8.17. The van der Waals surface area contributed by atoms with Crippen LogP contribution in [0.1, 0.15) is 67.2 Å². The molecule has 0 saturated heterocycles. The number of H-pyrrole nitrogens is 1. The van der Waals surface area contributed by atoms with Gasteiger partial charge in [0.25, 0.3) is 5.56 Å². The highest BCUT2D eigenvalue weighted by Crippen LogP contribution is 2.32.